The van der Waals surface area contributed by atoms with Crippen molar-refractivity contribution in [2.75, 3.05) is 0 Å². The molecular weight excluding hydrogens is 180 g/mol. The summed E-state index contributed by atoms with van der Waals surface area (Å²) in [5.41, 5.74) is 6.80. The Kier molecular flexibility index (Phi) is 3.33. The van der Waals surface area contributed by atoms with Gasteiger partial charge < -0.3 is 5.73 Å². The van der Waals surface area contributed by atoms with E-state index in [1.54, 1.807) is 6.20 Å². The second kappa shape index (κ2) is 4.11. The molecule has 0 atom stereocenters. The molecule has 2 N–H and O–H groups in total. The zero-order chi connectivity index (χ0) is 9.90. The maximum Gasteiger partial charge on any atom is 0.0407 e. The molecule has 0 aliphatic rings. The molecule has 0 saturated carbocycles. The van der Waals surface area contributed by atoms with Crippen LogP contribution in [0.25, 0.3) is 0 Å². The highest BCUT2D eigenvalue weighted by Gasteiger charge is 2.13. The van der Waals surface area contributed by atoms with Crippen molar-refractivity contribution in [1.29, 1.82) is 0 Å². The summed E-state index contributed by atoms with van der Waals surface area (Å²) in [6.07, 6.45) is 3.67. The number of nitrogens with two attached hydrogens (primary N) is 1. The molecule has 1 aromatic heterocycles. The zero-order valence-electron chi connectivity index (χ0n) is 8.37. The Balaban J connectivity index is 2.87. The van der Waals surface area contributed by atoms with E-state index in [0.717, 1.165) is 0 Å². The van der Waals surface area contributed by atoms with E-state index in [1.165, 1.54) is 10.5 Å². The Morgan fingerprint density at radius 3 is 2.69 bits per heavy atom. The van der Waals surface area contributed by atoms with Gasteiger partial charge >= 0.3 is 0 Å². The summed E-state index contributed by atoms with van der Waals surface area (Å²) in [6, 6.07) is 1.98. The van der Waals surface area contributed by atoms with E-state index in [-0.39, 0.29) is 4.75 Å². The first-order chi connectivity index (χ1) is 6.03. The summed E-state index contributed by atoms with van der Waals surface area (Å²) in [5, 5.41) is 0. The molecule has 0 amide bonds. The number of hydrogen-bond acceptors (Lipinski definition) is 3. The number of aromatic nitrogens is 1. The molecule has 1 rings (SSSR count). The van der Waals surface area contributed by atoms with Crippen LogP contribution in [0, 0.1) is 0 Å². The molecule has 1 heterocycles. The van der Waals surface area contributed by atoms with Gasteiger partial charge in [-0.1, -0.05) is 20.8 Å². The molecule has 72 valence electrons. The van der Waals surface area contributed by atoms with Gasteiger partial charge in [-0.2, -0.15) is 0 Å². The number of rotatable bonds is 2. The van der Waals surface area contributed by atoms with Gasteiger partial charge in [0.1, 0.15) is 0 Å². The van der Waals surface area contributed by atoms with Crippen LogP contribution in [0.3, 0.4) is 0 Å². The van der Waals surface area contributed by atoms with E-state index >= 15 is 0 Å². The summed E-state index contributed by atoms with van der Waals surface area (Å²) in [7, 11) is 0. The molecule has 0 unspecified atom stereocenters. The standard InChI is InChI=1S/C10H16N2S/c1-10(2,3)13-9-7-12-5-4-8(9)6-11/h4-5,7H,6,11H2,1-3H3. The van der Waals surface area contributed by atoms with Gasteiger partial charge in [-0.15, -0.1) is 11.8 Å². The van der Waals surface area contributed by atoms with Crippen LogP contribution in [-0.4, -0.2) is 9.73 Å². The first kappa shape index (κ1) is 10.5. The van der Waals surface area contributed by atoms with Gasteiger partial charge in [0.2, 0.25) is 0 Å². The Morgan fingerprint density at radius 2 is 2.15 bits per heavy atom. The minimum Gasteiger partial charge on any atom is -0.326 e. The van der Waals surface area contributed by atoms with E-state index in [2.05, 4.69) is 25.8 Å². The molecule has 0 aliphatic carbocycles. The van der Waals surface area contributed by atoms with Crippen LogP contribution < -0.4 is 5.73 Å². The molecule has 0 aromatic carbocycles. The third-order valence-electron chi connectivity index (χ3n) is 1.51. The SMILES string of the molecule is CC(C)(C)Sc1cnccc1CN. The van der Waals surface area contributed by atoms with Crippen molar-refractivity contribution in [1.82, 2.24) is 4.98 Å². The Morgan fingerprint density at radius 1 is 1.46 bits per heavy atom. The van der Waals surface area contributed by atoms with Crippen molar-refractivity contribution < 1.29 is 0 Å². The molecule has 0 aliphatic heterocycles. The van der Waals surface area contributed by atoms with Crippen LogP contribution >= 0.6 is 11.8 Å². The summed E-state index contributed by atoms with van der Waals surface area (Å²) in [6.45, 7) is 7.14. The maximum absolute atomic E-state index is 5.63. The first-order valence-electron chi connectivity index (χ1n) is 4.35. The van der Waals surface area contributed by atoms with Crippen LogP contribution in [0.5, 0.6) is 0 Å². The minimum absolute atomic E-state index is 0.215. The van der Waals surface area contributed by atoms with Gasteiger partial charge in [-0.25, -0.2) is 0 Å². The molecule has 0 radical (unpaired) electrons. The Hall–Kier alpha value is -0.540. The lowest BCUT2D eigenvalue weighted by atomic mass is 10.2. The summed E-state index contributed by atoms with van der Waals surface area (Å²) in [5.74, 6) is 0. The van der Waals surface area contributed by atoms with Crippen LogP contribution in [0.15, 0.2) is 23.4 Å². The Bertz CT molecular complexity index is 278. The van der Waals surface area contributed by atoms with Crippen molar-refractivity contribution in [3.63, 3.8) is 0 Å². The van der Waals surface area contributed by atoms with Crippen LogP contribution in [-0.2, 0) is 6.54 Å². The second-order valence-electron chi connectivity index (χ2n) is 3.90. The molecule has 13 heavy (non-hydrogen) atoms. The van der Waals surface area contributed by atoms with Crippen LogP contribution in [0.1, 0.15) is 26.3 Å². The topological polar surface area (TPSA) is 38.9 Å². The molecule has 3 heteroatoms. The highest BCUT2D eigenvalue weighted by atomic mass is 32.2. The minimum atomic E-state index is 0.215. The molecular formula is C10H16N2S. The predicted molar refractivity (Wildman–Crippen MR) is 57.7 cm³/mol. The molecule has 0 spiro atoms. The number of pyridine rings is 1. The van der Waals surface area contributed by atoms with Gasteiger partial charge in [0.25, 0.3) is 0 Å². The van der Waals surface area contributed by atoms with Crippen LogP contribution in [0.2, 0.25) is 0 Å². The quantitative estimate of drug-likeness (QED) is 0.738. The van der Waals surface area contributed by atoms with Crippen LogP contribution in [0.4, 0.5) is 0 Å². The normalized spacial score (nSPS) is 11.7. The van der Waals surface area contributed by atoms with E-state index in [1.807, 2.05) is 24.0 Å². The summed E-state index contributed by atoms with van der Waals surface area (Å²) >= 11 is 1.81. The van der Waals surface area contributed by atoms with Crippen molar-refractivity contribution >= 4 is 11.8 Å². The van der Waals surface area contributed by atoms with Gasteiger partial charge in [-0.05, 0) is 11.6 Å². The maximum atomic E-state index is 5.63. The summed E-state index contributed by atoms with van der Waals surface area (Å²) in [4.78, 5) is 5.29. The zero-order valence-corrected chi connectivity index (χ0v) is 9.19. The fraction of sp³-hybridized carbons (Fsp3) is 0.500. The van der Waals surface area contributed by atoms with Gasteiger partial charge in [0.15, 0.2) is 0 Å². The summed E-state index contributed by atoms with van der Waals surface area (Å²) < 4.78 is 0.215. The lowest BCUT2D eigenvalue weighted by Crippen LogP contribution is -2.09. The third kappa shape index (κ3) is 3.36. The average Bonchev–Trinajstić information content (AvgIpc) is 2.02. The number of hydrogen-bond donors (Lipinski definition) is 1. The molecule has 0 fully saturated rings. The van der Waals surface area contributed by atoms with Gasteiger partial charge in [0, 0.05) is 28.6 Å². The largest absolute Gasteiger partial charge is 0.326 e. The Labute approximate surface area is 83.9 Å². The molecule has 1 aromatic rings. The second-order valence-corrected chi connectivity index (χ2v) is 5.77. The highest BCUT2D eigenvalue weighted by molar-refractivity contribution is 8.00. The smallest absolute Gasteiger partial charge is 0.0407 e. The molecule has 0 saturated heterocycles. The van der Waals surface area contributed by atoms with E-state index < -0.39 is 0 Å². The lowest BCUT2D eigenvalue weighted by molar-refractivity contribution is 0.800. The fourth-order valence-corrected chi connectivity index (χ4v) is 2.05. The highest BCUT2D eigenvalue weighted by Crippen LogP contribution is 2.33. The van der Waals surface area contributed by atoms with Crippen molar-refractivity contribution in [3.05, 3.63) is 24.0 Å². The van der Waals surface area contributed by atoms with E-state index in [9.17, 15) is 0 Å². The number of nitrogens with zero attached hydrogens (tertiary/aromatic N) is 1. The third-order valence-corrected chi connectivity index (χ3v) is 2.71. The lowest BCUT2D eigenvalue weighted by Gasteiger charge is -2.18. The van der Waals surface area contributed by atoms with Gasteiger partial charge in [0.05, 0.1) is 0 Å². The predicted octanol–water partition coefficient (Wildman–Crippen LogP) is 2.43. The van der Waals surface area contributed by atoms with Crippen molar-refractivity contribution in [2.45, 2.75) is 37.0 Å². The van der Waals surface area contributed by atoms with E-state index in [4.69, 9.17) is 5.73 Å². The average molecular weight is 196 g/mol. The fourth-order valence-electron chi connectivity index (χ4n) is 0.999. The molecule has 2 nitrogen and oxygen atoms in total. The van der Waals surface area contributed by atoms with E-state index in [0.29, 0.717) is 6.54 Å². The number of thioether (sulfide) groups is 1. The van der Waals surface area contributed by atoms with Crippen molar-refractivity contribution in [2.24, 2.45) is 5.73 Å². The first-order valence-corrected chi connectivity index (χ1v) is 5.16. The monoisotopic (exact) mass is 196 g/mol. The molecule has 0 bridgehead atoms. The van der Waals surface area contributed by atoms with Gasteiger partial charge in [-0.3, -0.25) is 4.98 Å². The van der Waals surface area contributed by atoms with Crippen molar-refractivity contribution in [3.8, 4) is 0 Å².